The molecule has 0 saturated carbocycles. The molecule has 0 aliphatic heterocycles. The Morgan fingerprint density at radius 1 is 1.00 bits per heavy atom. The van der Waals surface area contributed by atoms with Gasteiger partial charge in [-0.15, -0.1) is 0 Å². The van der Waals surface area contributed by atoms with Gasteiger partial charge in [0.2, 0.25) is 0 Å². The van der Waals surface area contributed by atoms with Crippen LogP contribution in [0.25, 0.3) is 16.9 Å². The molecule has 0 fully saturated rings. The number of rotatable bonds is 2. The lowest BCUT2D eigenvalue weighted by atomic mass is 10.1. The van der Waals surface area contributed by atoms with E-state index in [1.165, 1.54) is 5.56 Å². The average molecular weight is 280 g/mol. The molecule has 0 N–H and O–H groups in total. The highest BCUT2D eigenvalue weighted by atomic mass is 15.3. The van der Waals surface area contributed by atoms with E-state index in [1.807, 2.05) is 25.5 Å². The number of benzene rings is 1. The lowest BCUT2D eigenvalue weighted by Crippen LogP contribution is -2.14. The van der Waals surface area contributed by atoms with E-state index >= 15 is 0 Å². The zero-order chi connectivity index (χ0) is 15.1. The Bertz CT molecular complexity index is 798. The van der Waals surface area contributed by atoms with Crippen LogP contribution in [0.5, 0.6) is 0 Å². The summed E-state index contributed by atoms with van der Waals surface area (Å²) in [4.78, 5) is 6.72. The van der Waals surface area contributed by atoms with E-state index in [-0.39, 0.29) is 0 Å². The van der Waals surface area contributed by atoms with Crippen LogP contribution in [0.3, 0.4) is 0 Å². The van der Waals surface area contributed by atoms with Gasteiger partial charge in [0, 0.05) is 37.0 Å². The SMILES string of the molecule is Cc1ccc(-c2nn3c(N(C)C)cc(C)nc3c2C)cc1. The van der Waals surface area contributed by atoms with E-state index in [2.05, 4.69) is 54.1 Å². The lowest BCUT2D eigenvalue weighted by molar-refractivity contribution is 0.891. The minimum absolute atomic E-state index is 0.925. The van der Waals surface area contributed by atoms with Crippen molar-refractivity contribution >= 4 is 11.5 Å². The summed E-state index contributed by atoms with van der Waals surface area (Å²) in [5.41, 5.74) is 6.43. The fourth-order valence-corrected chi connectivity index (χ4v) is 2.53. The average Bonchev–Trinajstić information content (AvgIpc) is 2.76. The van der Waals surface area contributed by atoms with Crippen LogP contribution in [0.1, 0.15) is 16.8 Å². The Kier molecular flexibility index (Phi) is 3.16. The van der Waals surface area contributed by atoms with Gasteiger partial charge >= 0.3 is 0 Å². The first kappa shape index (κ1) is 13.6. The normalized spacial score (nSPS) is 11.1. The van der Waals surface area contributed by atoms with Crippen LogP contribution in [0.4, 0.5) is 5.82 Å². The van der Waals surface area contributed by atoms with Crippen LogP contribution in [-0.4, -0.2) is 28.7 Å². The Morgan fingerprint density at radius 3 is 2.29 bits per heavy atom. The first-order valence-corrected chi connectivity index (χ1v) is 7.08. The number of aromatic nitrogens is 3. The van der Waals surface area contributed by atoms with Crippen molar-refractivity contribution in [1.82, 2.24) is 14.6 Å². The smallest absolute Gasteiger partial charge is 0.161 e. The number of fused-ring (bicyclic) bond motifs is 1. The number of hydrogen-bond acceptors (Lipinski definition) is 3. The molecule has 0 aliphatic carbocycles. The highest BCUT2D eigenvalue weighted by Crippen LogP contribution is 2.27. The lowest BCUT2D eigenvalue weighted by Gasteiger charge is -2.14. The monoisotopic (exact) mass is 280 g/mol. The molecule has 0 amide bonds. The molecule has 3 aromatic rings. The van der Waals surface area contributed by atoms with Gasteiger partial charge in [-0.3, -0.25) is 0 Å². The van der Waals surface area contributed by atoms with Crippen LogP contribution < -0.4 is 4.90 Å². The molecule has 4 heteroatoms. The number of hydrogen-bond donors (Lipinski definition) is 0. The minimum atomic E-state index is 0.925. The zero-order valence-corrected chi connectivity index (χ0v) is 13.2. The molecule has 0 bridgehead atoms. The van der Waals surface area contributed by atoms with Gasteiger partial charge in [0.15, 0.2) is 5.65 Å². The third-order valence-corrected chi connectivity index (χ3v) is 3.71. The topological polar surface area (TPSA) is 33.4 Å². The maximum Gasteiger partial charge on any atom is 0.161 e. The Morgan fingerprint density at radius 2 is 1.67 bits per heavy atom. The predicted molar refractivity (Wildman–Crippen MR) is 87.0 cm³/mol. The van der Waals surface area contributed by atoms with Crippen molar-refractivity contribution in [3.05, 3.63) is 47.2 Å². The summed E-state index contributed by atoms with van der Waals surface area (Å²) in [6.45, 7) is 6.20. The molecular formula is C17H20N4. The van der Waals surface area contributed by atoms with Gasteiger partial charge in [-0.2, -0.15) is 9.61 Å². The molecule has 0 unspecified atom stereocenters. The summed E-state index contributed by atoms with van der Waals surface area (Å²) < 4.78 is 1.93. The third kappa shape index (κ3) is 2.27. The second-order valence-electron chi connectivity index (χ2n) is 5.73. The molecule has 0 radical (unpaired) electrons. The van der Waals surface area contributed by atoms with E-state index in [4.69, 9.17) is 5.10 Å². The molecule has 0 aliphatic rings. The zero-order valence-electron chi connectivity index (χ0n) is 13.2. The number of anilines is 1. The van der Waals surface area contributed by atoms with Crippen molar-refractivity contribution in [3.63, 3.8) is 0 Å². The Labute approximate surface area is 125 Å². The highest BCUT2D eigenvalue weighted by Gasteiger charge is 2.15. The molecule has 108 valence electrons. The molecule has 2 heterocycles. The standard InChI is InChI=1S/C17H20N4/c1-11-6-8-14(9-7-11)16-13(3)17-18-12(2)10-15(20(4)5)21(17)19-16/h6-10H,1-5H3. The highest BCUT2D eigenvalue weighted by molar-refractivity contribution is 5.71. The summed E-state index contributed by atoms with van der Waals surface area (Å²) in [5.74, 6) is 1.04. The molecular weight excluding hydrogens is 260 g/mol. The summed E-state index contributed by atoms with van der Waals surface area (Å²) in [6, 6.07) is 10.5. The Hall–Kier alpha value is -2.36. The van der Waals surface area contributed by atoms with E-state index in [1.54, 1.807) is 0 Å². The molecule has 21 heavy (non-hydrogen) atoms. The van der Waals surface area contributed by atoms with Gasteiger partial charge in [0.1, 0.15) is 5.82 Å². The molecule has 0 spiro atoms. The van der Waals surface area contributed by atoms with Crippen molar-refractivity contribution < 1.29 is 0 Å². The first-order chi connectivity index (χ1) is 9.97. The second kappa shape index (κ2) is 4.88. The van der Waals surface area contributed by atoms with E-state index in [0.717, 1.165) is 34.0 Å². The molecule has 1 aromatic carbocycles. The van der Waals surface area contributed by atoms with Gasteiger partial charge in [0.25, 0.3) is 0 Å². The number of nitrogens with zero attached hydrogens (tertiary/aromatic N) is 4. The quantitative estimate of drug-likeness (QED) is 0.721. The van der Waals surface area contributed by atoms with E-state index < -0.39 is 0 Å². The first-order valence-electron chi connectivity index (χ1n) is 7.08. The summed E-state index contributed by atoms with van der Waals surface area (Å²) in [5, 5.41) is 4.79. The predicted octanol–water partition coefficient (Wildman–Crippen LogP) is 3.39. The van der Waals surface area contributed by atoms with Crippen LogP contribution in [0, 0.1) is 20.8 Å². The second-order valence-corrected chi connectivity index (χ2v) is 5.73. The van der Waals surface area contributed by atoms with E-state index in [0.29, 0.717) is 0 Å². The fourth-order valence-electron chi connectivity index (χ4n) is 2.53. The Balaban J connectivity index is 2.28. The summed E-state index contributed by atoms with van der Waals surface area (Å²) in [6.07, 6.45) is 0. The van der Waals surface area contributed by atoms with Gasteiger partial charge in [-0.25, -0.2) is 4.98 Å². The largest absolute Gasteiger partial charge is 0.363 e. The van der Waals surface area contributed by atoms with Gasteiger partial charge < -0.3 is 4.90 Å². The molecule has 0 atom stereocenters. The number of aryl methyl sites for hydroxylation is 3. The van der Waals surface area contributed by atoms with Crippen LogP contribution >= 0.6 is 0 Å². The third-order valence-electron chi connectivity index (χ3n) is 3.71. The summed E-state index contributed by atoms with van der Waals surface area (Å²) >= 11 is 0. The summed E-state index contributed by atoms with van der Waals surface area (Å²) in [7, 11) is 4.05. The van der Waals surface area contributed by atoms with Crippen molar-refractivity contribution in [1.29, 1.82) is 0 Å². The van der Waals surface area contributed by atoms with Crippen molar-refractivity contribution in [3.8, 4) is 11.3 Å². The van der Waals surface area contributed by atoms with Crippen LogP contribution in [0.2, 0.25) is 0 Å². The fraction of sp³-hybridized carbons (Fsp3) is 0.294. The van der Waals surface area contributed by atoms with Crippen molar-refractivity contribution in [2.75, 3.05) is 19.0 Å². The van der Waals surface area contributed by atoms with Gasteiger partial charge in [-0.05, 0) is 20.8 Å². The van der Waals surface area contributed by atoms with Gasteiger partial charge in [0.05, 0.1) is 5.69 Å². The molecule has 3 rings (SSSR count). The van der Waals surface area contributed by atoms with Crippen LogP contribution in [0.15, 0.2) is 30.3 Å². The van der Waals surface area contributed by atoms with Crippen molar-refractivity contribution in [2.24, 2.45) is 0 Å². The molecule has 0 saturated heterocycles. The molecule has 2 aromatic heterocycles. The minimum Gasteiger partial charge on any atom is -0.363 e. The van der Waals surface area contributed by atoms with Gasteiger partial charge in [-0.1, -0.05) is 29.8 Å². The van der Waals surface area contributed by atoms with Crippen molar-refractivity contribution in [2.45, 2.75) is 20.8 Å². The molecule has 4 nitrogen and oxygen atoms in total. The maximum atomic E-state index is 4.79. The van der Waals surface area contributed by atoms with E-state index in [9.17, 15) is 0 Å². The van der Waals surface area contributed by atoms with Crippen LogP contribution in [-0.2, 0) is 0 Å². The maximum absolute atomic E-state index is 4.79.